The number of esters is 1. The van der Waals surface area contributed by atoms with Crippen LogP contribution in [-0.4, -0.2) is 49.4 Å². The monoisotopic (exact) mass is 339 g/mol. The SMILES string of the molecule is CCCCOC(=O)c1nc(N2CCC(N)C(OCCC)C2)oc1C. The molecule has 24 heavy (non-hydrogen) atoms. The molecule has 2 atom stereocenters. The van der Waals surface area contributed by atoms with Gasteiger partial charge in [0.05, 0.1) is 19.3 Å². The van der Waals surface area contributed by atoms with Crippen molar-refractivity contribution in [2.24, 2.45) is 5.73 Å². The molecule has 1 fully saturated rings. The number of unbranched alkanes of at least 4 members (excludes halogenated alkanes) is 1. The van der Waals surface area contributed by atoms with E-state index in [4.69, 9.17) is 19.6 Å². The van der Waals surface area contributed by atoms with Crippen LogP contribution in [0.25, 0.3) is 0 Å². The third kappa shape index (κ3) is 4.70. The van der Waals surface area contributed by atoms with Gasteiger partial charge in [-0.05, 0) is 26.2 Å². The van der Waals surface area contributed by atoms with Gasteiger partial charge in [-0.3, -0.25) is 0 Å². The second kappa shape index (κ2) is 9.03. The molecule has 0 spiro atoms. The van der Waals surface area contributed by atoms with Crippen LogP contribution in [0.1, 0.15) is 55.8 Å². The topological polar surface area (TPSA) is 90.8 Å². The maximum atomic E-state index is 12.1. The summed E-state index contributed by atoms with van der Waals surface area (Å²) in [6, 6.07) is 0.453. The van der Waals surface area contributed by atoms with Crippen LogP contribution in [0.5, 0.6) is 0 Å². The molecule has 1 aromatic heterocycles. The molecule has 0 aliphatic carbocycles. The Bertz CT molecular complexity index is 532. The van der Waals surface area contributed by atoms with E-state index in [0.717, 1.165) is 32.2 Å². The van der Waals surface area contributed by atoms with E-state index in [-0.39, 0.29) is 17.8 Å². The number of aryl methyl sites for hydroxylation is 1. The van der Waals surface area contributed by atoms with E-state index in [0.29, 0.717) is 31.5 Å². The number of piperidine rings is 1. The lowest BCUT2D eigenvalue weighted by atomic mass is 10.0. The molecule has 2 heterocycles. The standard InChI is InChI=1S/C17H29N3O4/c1-4-6-10-23-16(21)15-12(3)24-17(19-15)20-8-7-13(18)14(11-20)22-9-5-2/h13-14H,4-11,18H2,1-3H3. The van der Waals surface area contributed by atoms with Crippen molar-refractivity contribution >= 4 is 12.0 Å². The molecule has 1 aliphatic heterocycles. The minimum atomic E-state index is -0.427. The van der Waals surface area contributed by atoms with Crippen molar-refractivity contribution in [1.29, 1.82) is 0 Å². The Morgan fingerprint density at radius 1 is 1.38 bits per heavy atom. The Kier molecular flexibility index (Phi) is 7.05. The zero-order valence-electron chi connectivity index (χ0n) is 14.9. The first-order valence-electron chi connectivity index (χ1n) is 8.83. The highest BCUT2D eigenvalue weighted by Crippen LogP contribution is 2.23. The maximum absolute atomic E-state index is 12.1. The molecule has 0 saturated carbocycles. The number of rotatable bonds is 8. The third-order valence-electron chi connectivity index (χ3n) is 4.13. The van der Waals surface area contributed by atoms with Crippen LogP contribution in [-0.2, 0) is 9.47 Å². The summed E-state index contributed by atoms with van der Waals surface area (Å²) in [6.45, 7) is 8.29. The molecule has 0 amide bonds. The molecule has 7 heteroatoms. The summed E-state index contributed by atoms with van der Waals surface area (Å²) in [5, 5.41) is 0. The molecule has 136 valence electrons. The second-order valence-electron chi connectivity index (χ2n) is 6.20. The Balaban J connectivity index is 2.01. The van der Waals surface area contributed by atoms with Crippen LogP contribution >= 0.6 is 0 Å². The number of nitrogens with two attached hydrogens (primary N) is 1. The predicted molar refractivity (Wildman–Crippen MR) is 91.3 cm³/mol. The van der Waals surface area contributed by atoms with Crippen LogP contribution in [0, 0.1) is 6.92 Å². The van der Waals surface area contributed by atoms with E-state index >= 15 is 0 Å². The van der Waals surface area contributed by atoms with Crippen molar-refractivity contribution in [3.8, 4) is 0 Å². The molecule has 7 nitrogen and oxygen atoms in total. The summed E-state index contributed by atoms with van der Waals surface area (Å²) in [4.78, 5) is 18.4. The number of nitrogens with zero attached hydrogens (tertiary/aromatic N) is 2. The van der Waals surface area contributed by atoms with Crippen LogP contribution in [0.15, 0.2) is 4.42 Å². The van der Waals surface area contributed by atoms with Gasteiger partial charge in [0.2, 0.25) is 0 Å². The van der Waals surface area contributed by atoms with E-state index in [9.17, 15) is 4.79 Å². The number of hydrogen-bond donors (Lipinski definition) is 1. The fourth-order valence-corrected chi connectivity index (χ4v) is 2.64. The van der Waals surface area contributed by atoms with Crippen molar-refractivity contribution in [3.05, 3.63) is 11.5 Å². The van der Waals surface area contributed by atoms with Gasteiger partial charge < -0.3 is 24.5 Å². The molecular formula is C17H29N3O4. The second-order valence-corrected chi connectivity index (χ2v) is 6.20. The van der Waals surface area contributed by atoms with Crippen LogP contribution in [0.2, 0.25) is 0 Å². The van der Waals surface area contributed by atoms with Gasteiger partial charge in [-0.2, -0.15) is 4.98 Å². The number of anilines is 1. The van der Waals surface area contributed by atoms with Crippen molar-refractivity contribution < 1.29 is 18.7 Å². The highest BCUT2D eigenvalue weighted by Gasteiger charge is 2.31. The summed E-state index contributed by atoms with van der Waals surface area (Å²) in [7, 11) is 0. The van der Waals surface area contributed by atoms with Crippen molar-refractivity contribution in [2.75, 3.05) is 31.2 Å². The highest BCUT2D eigenvalue weighted by molar-refractivity contribution is 5.88. The van der Waals surface area contributed by atoms with Gasteiger partial charge in [0.1, 0.15) is 5.76 Å². The normalized spacial score (nSPS) is 21.1. The molecule has 1 aromatic rings. The van der Waals surface area contributed by atoms with Crippen LogP contribution in [0.4, 0.5) is 6.01 Å². The zero-order chi connectivity index (χ0) is 17.5. The average Bonchev–Trinajstić information content (AvgIpc) is 2.96. The molecule has 2 N–H and O–H groups in total. The summed E-state index contributed by atoms with van der Waals surface area (Å²) >= 11 is 0. The molecule has 1 saturated heterocycles. The summed E-state index contributed by atoms with van der Waals surface area (Å²) in [6.07, 6.45) is 3.52. The molecule has 0 bridgehead atoms. The van der Waals surface area contributed by atoms with Crippen LogP contribution in [0.3, 0.4) is 0 Å². The number of carbonyl (C=O) groups is 1. The lowest BCUT2D eigenvalue weighted by Gasteiger charge is -2.35. The number of carbonyl (C=O) groups excluding carboxylic acids is 1. The highest BCUT2D eigenvalue weighted by atomic mass is 16.5. The number of aromatic nitrogens is 1. The summed E-state index contributed by atoms with van der Waals surface area (Å²) in [5.41, 5.74) is 6.39. The number of ether oxygens (including phenoxy) is 2. The fourth-order valence-electron chi connectivity index (χ4n) is 2.64. The lowest BCUT2D eigenvalue weighted by Crippen LogP contribution is -2.52. The molecule has 2 rings (SSSR count). The largest absolute Gasteiger partial charge is 0.461 e. The first-order chi connectivity index (χ1) is 11.6. The first kappa shape index (κ1) is 18.7. The Hall–Kier alpha value is -1.60. The average molecular weight is 339 g/mol. The van der Waals surface area contributed by atoms with E-state index in [1.807, 2.05) is 11.8 Å². The first-order valence-corrected chi connectivity index (χ1v) is 8.83. The van der Waals surface area contributed by atoms with Gasteiger partial charge in [-0.25, -0.2) is 4.79 Å². The Morgan fingerprint density at radius 3 is 2.88 bits per heavy atom. The smallest absolute Gasteiger partial charge is 0.360 e. The molecule has 0 radical (unpaired) electrons. The quantitative estimate of drug-likeness (QED) is 0.574. The Labute approximate surface area is 143 Å². The fraction of sp³-hybridized carbons (Fsp3) is 0.765. The van der Waals surface area contributed by atoms with Gasteiger partial charge >= 0.3 is 5.97 Å². The van der Waals surface area contributed by atoms with Gasteiger partial charge in [-0.1, -0.05) is 20.3 Å². The van der Waals surface area contributed by atoms with Gasteiger partial charge in [-0.15, -0.1) is 0 Å². The van der Waals surface area contributed by atoms with E-state index in [1.54, 1.807) is 6.92 Å². The molecule has 2 unspecified atom stereocenters. The van der Waals surface area contributed by atoms with E-state index < -0.39 is 5.97 Å². The van der Waals surface area contributed by atoms with Gasteiger partial charge in [0.15, 0.2) is 5.69 Å². The van der Waals surface area contributed by atoms with Gasteiger partial charge in [0, 0.05) is 19.2 Å². The van der Waals surface area contributed by atoms with Crippen molar-refractivity contribution in [1.82, 2.24) is 4.98 Å². The summed E-state index contributed by atoms with van der Waals surface area (Å²) < 4.78 is 16.7. The summed E-state index contributed by atoms with van der Waals surface area (Å²) in [5.74, 6) is 0.0517. The van der Waals surface area contributed by atoms with Crippen molar-refractivity contribution in [2.45, 2.75) is 58.6 Å². The number of oxazole rings is 1. The van der Waals surface area contributed by atoms with Gasteiger partial charge in [0.25, 0.3) is 6.01 Å². The van der Waals surface area contributed by atoms with Crippen molar-refractivity contribution in [3.63, 3.8) is 0 Å². The minimum absolute atomic E-state index is 0.0161. The number of hydrogen-bond acceptors (Lipinski definition) is 7. The molecule has 1 aliphatic rings. The lowest BCUT2D eigenvalue weighted by molar-refractivity contribution is 0.0300. The third-order valence-corrected chi connectivity index (χ3v) is 4.13. The van der Waals surface area contributed by atoms with Crippen LogP contribution < -0.4 is 10.6 Å². The molecular weight excluding hydrogens is 310 g/mol. The minimum Gasteiger partial charge on any atom is -0.461 e. The predicted octanol–water partition coefficient (Wildman–Crippen LogP) is 2.27. The van der Waals surface area contributed by atoms with E-state index in [1.165, 1.54) is 0 Å². The molecule has 0 aromatic carbocycles. The Morgan fingerprint density at radius 2 is 2.17 bits per heavy atom. The van der Waals surface area contributed by atoms with E-state index in [2.05, 4.69) is 11.9 Å². The maximum Gasteiger partial charge on any atom is 0.360 e. The zero-order valence-corrected chi connectivity index (χ0v) is 14.9.